The molecule has 0 aliphatic carbocycles. The number of carbonyl (C=O) groups is 1. The molecule has 7 nitrogen and oxygen atoms in total. The number of hydrogen-bond donors (Lipinski definition) is 1. The molecule has 1 aromatic rings. The zero-order valence-corrected chi connectivity index (χ0v) is 13.0. The van der Waals surface area contributed by atoms with E-state index in [4.69, 9.17) is 9.57 Å². The van der Waals surface area contributed by atoms with Gasteiger partial charge in [0, 0.05) is 37.9 Å². The van der Waals surface area contributed by atoms with Crippen molar-refractivity contribution in [3.05, 3.63) is 17.5 Å². The second-order valence-corrected chi connectivity index (χ2v) is 5.70. The van der Waals surface area contributed by atoms with Crippen LogP contribution in [-0.2, 0) is 20.9 Å². The monoisotopic (exact) mass is 306 g/mol. The number of nitrogens with one attached hydrogen (secondary N) is 1. The molecular formula is C15H22N4O3. The predicted octanol–water partition coefficient (Wildman–Crippen LogP) is 1.000. The van der Waals surface area contributed by atoms with Gasteiger partial charge in [0.2, 0.25) is 6.10 Å². The van der Waals surface area contributed by atoms with Crippen LogP contribution in [0.5, 0.6) is 0 Å². The van der Waals surface area contributed by atoms with E-state index in [9.17, 15) is 4.79 Å². The second kappa shape index (κ2) is 6.48. The molecule has 0 aromatic carbocycles. The van der Waals surface area contributed by atoms with Crippen LogP contribution in [0.4, 0.5) is 0 Å². The molecule has 120 valence electrons. The lowest BCUT2D eigenvalue weighted by Crippen LogP contribution is -2.39. The van der Waals surface area contributed by atoms with Crippen molar-refractivity contribution in [2.45, 2.75) is 51.9 Å². The van der Waals surface area contributed by atoms with Gasteiger partial charge in [-0.1, -0.05) is 5.16 Å². The van der Waals surface area contributed by atoms with Gasteiger partial charge in [-0.3, -0.25) is 9.48 Å². The fourth-order valence-corrected chi connectivity index (χ4v) is 2.77. The van der Waals surface area contributed by atoms with Crippen molar-refractivity contribution in [3.8, 4) is 0 Å². The molecule has 22 heavy (non-hydrogen) atoms. The maximum Gasteiger partial charge on any atom is 0.264 e. The van der Waals surface area contributed by atoms with Crippen LogP contribution in [0.3, 0.4) is 0 Å². The summed E-state index contributed by atoms with van der Waals surface area (Å²) in [5.41, 5.74) is 2.65. The summed E-state index contributed by atoms with van der Waals surface area (Å²) < 4.78 is 7.35. The van der Waals surface area contributed by atoms with E-state index in [1.54, 1.807) is 0 Å². The summed E-state index contributed by atoms with van der Waals surface area (Å²) in [6.07, 6.45) is 4.08. The van der Waals surface area contributed by atoms with E-state index in [-0.39, 0.29) is 12.0 Å². The first-order chi connectivity index (χ1) is 10.7. The zero-order chi connectivity index (χ0) is 15.5. The first kappa shape index (κ1) is 15.0. The Balaban J connectivity index is 1.54. The number of oxime groups is 1. The molecule has 2 aliphatic rings. The lowest BCUT2D eigenvalue weighted by molar-refractivity contribution is -0.131. The smallest absolute Gasteiger partial charge is 0.264 e. The van der Waals surface area contributed by atoms with Gasteiger partial charge < -0.3 is 14.9 Å². The molecule has 1 amide bonds. The van der Waals surface area contributed by atoms with Crippen molar-refractivity contribution in [2.75, 3.05) is 13.2 Å². The van der Waals surface area contributed by atoms with Crippen LogP contribution < -0.4 is 5.32 Å². The van der Waals surface area contributed by atoms with E-state index >= 15 is 0 Å². The van der Waals surface area contributed by atoms with Gasteiger partial charge in [0.05, 0.1) is 17.5 Å². The Bertz CT molecular complexity index is 575. The molecule has 1 fully saturated rings. The lowest BCUT2D eigenvalue weighted by atomic mass is 10.1. The van der Waals surface area contributed by atoms with Crippen LogP contribution in [0.25, 0.3) is 0 Å². The Morgan fingerprint density at radius 1 is 1.55 bits per heavy atom. The third-order valence-corrected chi connectivity index (χ3v) is 4.07. The molecule has 0 unspecified atom stereocenters. The minimum atomic E-state index is -0.555. The second-order valence-electron chi connectivity index (χ2n) is 5.70. The number of aromatic nitrogens is 2. The Hall–Kier alpha value is -1.89. The van der Waals surface area contributed by atoms with Gasteiger partial charge in [-0.2, -0.15) is 5.10 Å². The Kier molecular flexibility index (Phi) is 4.42. The van der Waals surface area contributed by atoms with Gasteiger partial charge >= 0.3 is 0 Å². The van der Waals surface area contributed by atoms with Crippen molar-refractivity contribution in [1.82, 2.24) is 15.1 Å². The van der Waals surface area contributed by atoms with Crippen LogP contribution in [0.15, 0.2) is 11.4 Å². The first-order valence-corrected chi connectivity index (χ1v) is 7.83. The van der Waals surface area contributed by atoms with Crippen molar-refractivity contribution in [3.63, 3.8) is 0 Å². The molecule has 0 radical (unpaired) electrons. The summed E-state index contributed by atoms with van der Waals surface area (Å²) in [5.74, 6) is -0.130. The van der Waals surface area contributed by atoms with E-state index in [1.165, 1.54) is 0 Å². The lowest BCUT2D eigenvalue weighted by Gasteiger charge is -2.13. The van der Waals surface area contributed by atoms with Crippen LogP contribution >= 0.6 is 0 Å². The van der Waals surface area contributed by atoms with Crippen LogP contribution in [0.2, 0.25) is 0 Å². The number of ether oxygens (including phenoxy) is 1. The fraction of sp³-hybridized carbons (Fsp3) is 0.667. The average molecular weight is 306 g/mol. The first-order valence-electron chi connectivity index (χ1n) is 7.83. The van der Waals surface area contributed by atoms with Crippen molar-refractivity contribution in [1.29, 1.82) is 0 Å². The van der Waals surface area contributed by atoms with Gasteiger partial charge in [0.15, 0.2) is 0 Å². The van der Waals surface area contributed by atoms with Crippen LogP contribution in [0, 0.1) is 6.92 Å². The van der Waals surface area contributed by atoms with E-state index in [0.29, 0.717) is 13.0 Å². The topological polar surface area (TPSA) is 77.7 Å². The third-order valence-electron chi connectivity index (χ3n) is 4.07. The van der Waals surface area contributed by atoms with E-state index < -0.39 is 6.10 Å². The summed E-state index contributed by atoms with van der Waals surface area (Å²) in [7, 11) is 0. The molecule has 1 saturated heterocycles. The van der Waals surface area contributed by atoms with Gasteiger partial charge in [-0.15, -0.1) is 0 Å². The highest BCUT2D eigenvalue weighted by Crippen LogP contribution is 2.19. The number of hydrogen-bond acceptors (Lipinski definition) is 5. The Labute approximate surface area is 129 Å². The van der Waals surface area contributed by atoms with E-state index in [0.717, 1.165) is 43.0 Å². The summed E-state index contributed by atoms with van der Waals surface area (Å²) >= 11 is 0. The molecule has 0 spiro atoms. The quantitative estimate of drug-likeness (QED) is 0.880. The van der Waals surface area contributed by atoms with Crippen molar-refractivity contribution >= 4 is 11.6 Å². The van der Waals surface area contributed by atoms with Gasteiger partial charge in [0.25, 0.3) is 5.91 Å². The van der Waals surface area contributed by atoms with E-state index in [2.05, 4.69) is 15.6 Å². The highest BCUT2D eigenvalue weighted by atomic mass is 16.6. The average Bonchev–Trinajstić information content (AvgIpc) is 3.24. The maximum atomic E-state index is 12.1. The molecule has 3 heterocycles. The molecule has 2 atom stereocenters. The van der Waals surface area contributed by atoms with Gasteiger partial charge in [-0.05, 0) is 26.7 Å². The van der Waals surface area contributed by atoms with Crippen LogP contribution in [0.1, 0.15) is 37.4 Å². The molecule has 2 aliphatic heterocycles. The Morgan fingerprint density at radius 3 is 3.09 bits per heavy atom. The van der Waals surface area contributed by atoms with Gasteiger partial charge in [-0.25, -0.2) is 0 Å². The fourth-order valence-electron chi connectivity index (χ4n) is 2.77. The summed E-state index contributed by atoms with van der Waals surface area (Å²) in [5, 5.41) is 11.3. The highest BCUT2D eigenvalue weighted by Gasteiger charge is 2.30. The molecular weight excluding hydrogens is 284 g/mol. The largest absolute Gasteiger partial charge is 0.382 e. The van der Waals surface area contributed by atoms with Gasteiger partial charge in [0.1, 0.15) is 0 Å². The molecule has 1 N–H and O–H groups in total. The zero-order valence-electron chi connectivity index (χ0n) is 13.0. The minimum Gasteiger partial charge on any atom is -0.382 e. The van der Waals surface area contributed by atoms with Crippen LogP contribution in [-0.4, -0.2) is 46.8 Å². The Morgan fingerprint density at radius 2 is 2.41 bits per heavy atom. The number of nitrogens with zero attached hydrogens (tertiary/aromatic N) is 3. The molecule has 3 rings (SSSR count). The SMILES string of the molecule is CCn1cc(C2=NO[C@H](C(=O)NC[C@@H]3CCCO3)C2)c(C)n1. The number of carbonyl (C=O) groups excluding carboxylic acids is 1. The number of rotatable bonds is 5. The summed E-state index contributed by atoms with van der Waals surface area (Å²) in [6.45, 7) is 6.11. The summed E-state index contributed by atoms with van der Waals surface area (Å²) in [6, 6.07) is 0. The highest BCUT2D eigenvalue weighted by molar-refractivity contribution is 6.04. The van der Waals surface area contributed by atoms with E-state index in [1.807, 2.05) is 24.7 Å². The minimum absolute atomic E-state index is 0.130. The standard InChI is InChI=1S/C15H22N4O3/c1-3-19-9-12(10(2)17-19)13-7-14(22-18-13)15(20)16-8-11-5-4-6-21-11/h9,11,14H,3-8H2,1-2H3,(H,16,20)/t11-,14-/m0/s1. The maximum absolute atomic E-state index is 12.1. The summed E-state index contributed by atoms with van der Waals surface area (Å²) in [4.78, 5) is 17.4. The number of aryl methyl sites for hydroxylation is 2. The predicted molar refractivity (Wildman–Crippen MR) is 80.6 cm³/mol. The van der Waals surface area contributed by atoms with Crippen molar-refractivity contribution < 1.29 is 14.4 Å². The molecule has 7 heteroatoms. The molecule has 0 bridgehead atoms. The number of amides is 1. The molecule has 1 aromatic heterocycles. The molecule has 0 saturated carbocycles. The van der Waals surface area contributed by atoms with Crippen molar-refractivity contribution in [2.24, 2.45) is 5.16 Å². The third kappa shape index (κ3) is 3.14. The normalized spacial score (nSPS) is 24.2.